The molecule has 3 aromatic rings. The number of Topliss-reactive ketones (excluding diaryl/α,β-unsaturated/α-hetero) is 1. The van der Waals surface area contributed by atoms with E-state index in [0.29, 0.717) is 13.0 Å². The molecular formula is C24H25NO2. The molecule has 0 bridgehead atoms. The number of para-hydroxylation sites is 1. The van der Waals surface area contributed by atoms with Crippen LogP contribution in [0, 0.1) is 12.3 Å². The number of fused-ring (bicyclic) bond motifs is 1. The molecule has 0 saturated heterocycles. The lowest BCUT2D eigenvalue weighted by atomic mass is 9.73. The van der Waals surface area contributed by atoms with E-state index in [2.05, 4.69) is 37.0 Å². The second kappa shape index (κ2) is 6.73. The lowest BCUT2D eigenvalue weighted by Crippen LogP contribution is -2.26. The minimum Gasteiger partial charge on any atom is -0.488 e. The molecule has 0 spiro atoms. The maximum atomic E-state index is 12.7. The largest absolute Gasteiger partial charge is 0.488 e. The van der Waals surface area contributed by atoms with Crippen LogP contribution in [0.15, 0.2) is 54.6 Å². The third-order valence-corrected chi connectivity index (χ3v) is 5.26. The smallest absolute Gasteiger partial charge is 0.165 e. The lowest BCUT2D eigenvalue weighted by molar-refractivity contribution is 0.0912. The van der Waals surface area contributed by atoms with Crippen LogP contribution in [-0.2, 0) is 13.0 Å². The van der Waals surface area contributed by atoms with Crippen molar-refractivity contribution in [2.24, 2.45) is 5.41 Å². The van der Waals surface area contributed by atoms with Gasteiger partial charge in [0.05, 0.1) is 5.69 Å². The van der Waals surface area contributed by atoms with Crippen molar-refractivity contribution in [1.82, 2.24) is 4.98 Å². The third-order valence-electron chi connectivity index (χ3n) is 5.26. The Morgan fingerprint density at radius 3 is 2.48 bits per heavy atom. The van der Waals surface area contributed by atoms with Crippen LogP contribution in [0.1, 0.15) is 47.4 Å². The van der Waals surface area contributed by atoms with Crippen LogP contribution in [0.5, 0.6) is 5.75 Å². The Kier molecular flexibility index (Phi) is 4.39. The number of aromatic nitrogens is 1. The maximum Gasteiger partial charge on any atom is 0.165 e. The number of benzene rings is 2. The molecule has 1 N–H and O–H groups in total. The molecule has 1 heterocycles. The second-order valence-corrected chi connectivity index (χ2v) is 8.19. The first kappa shape index (κ1) is 17.6. The lowest BCUT2D eigenvalue weighted by Gasteiger charge is -2.29. The van der Waals surface area contributed by atoms with Crippen molar-refractivity contribution in [1.29, 1.82) is 0 Å². The molecule has 3 nitrogen and oxygen atoms in total. The van der Waals surface area contributed by atoms with E-state index < -0.39 is 0 Å². The van der Waals surface area contributed by atoms with Crippen LogP contribution in [0.2, 0.25) is 0 Å². The summed E-state index contributed by atoms with van der Waals surface area (Å²) < 4.78 is 6.15. The van der Waals surface area contributed by atoms with E-state index in [1.54, 1.807) is 0 Å². The number of rotatable bonds is 4. The molecule has 0 unspecified atom stereocenters. The topological polar surface area (TPSA) is 42.1 Å². The predicted octanol–water partition coefficient (Wildman–Crippen LogP) is 5.72. The summed E-state index contributed by atoms with van der Waals surface area (Å²) in [7, 11) is 0. The number of aromatic amines is 1. The van der Waals surface area contributed by atoms with E-state index in [1.807, 2.05) is 43.3 Å². The van der Waals surface area contributed by atoms with Crippen LogP contribution in [0.3, 0.4) is 0 Å². The van der Waals surface area contributed by atoms with Gasteiger partial charge in [0.25, 0.3) is 0 Å². The summed E-state index contributed by atoms with van der Waals surface area (Å²) in [6.07, 6.45) is 1.49. The SMILES string of the molecule is Cc1[nH]c(-c2ccccc2OCc2ccccc2)c2c1C(=O)CC(C)(C)C2. The monoisotopic (exact) mass is 359 g/mol. The van der Waals surface area contributed by atoms with Gasteiger partial charge in [0.2, 0.25) is 0 Å². The standard InChI is InChI=1S/C24H25NO2/c1-16-22-19(13-24(2,3)14-20(22)26)23(25-16)18-11-7-8-12-21(18)27-15-17-9-5-4-6-10-17/h4-12,25H,13-15H2,1-3H3. The van der Waals surface area contributed by atoms with E-state index in [1.165, 1.54) is 0 Å². The van der Waals surface area contributed by atoms with Gasteiger partial charge in [0.1, 0.15) is 12.4 Å². The van der Waals surface area contributed by atoms with Crippen LogP contribution in [0.25, 0.3) is 11.3 Å². The minimum atomic E-state index is -0.0205. The molecule has 1 aromatic heterocycles. The van der Waals surface area contributed by atoms with E-state index in [0.717, 1.165) is 45.8 Å². The van der Waals surface area contributed by atoms with Crippen molar-refractivity contribution in [3.05, 3.63) is 77.0 Å². The molecule has 1 aliphatic carbocycles. The molecule has 0 atom stereocenters. The van der Waals surface area contributed by atoms with Gasteiger partial charge in [-0.15, -0.1) is 0 Å². The molecule has 138 valence electrons. The molecule has 0 amide bonds. The third kappa shape index (κ3) is 3.42. The number of aryl methyl sites for hydroxylation is 1. The quantitative estimate of drug-likeness (QED) is 0.647. The number of ether oxygens (including phenoxy) is 1. The van der Waals surface area contributed by atoms with E-state index >= 15 is 0 Å². The van der Waals surface area contributed by atoms with Gasteiger partial charge < -0.3 is 9.72 Å². The molecule has 4 rings (SSSR count). The van der Waals surface area contributed by atoms with Gasteiger partial charge in [-0.25, -0.2) is 0 Å². The normalized spacial score (nSPS) is 15.4. The number of hydrogen-bond acceptors (Lipinski definition) is 2. The fraction of sp³-hybridized carbons (Fsp3) is 0.292. The first-order chi connectivity index (χ1) is 12.9. The maximum absolute atomic E-state index is 12.7. The summed E-state index contributed by atoms with van der Waals surface area (Å²) in [5, 5.41) is 0. The Morgan fingerprint density at radius 1 is 1.00 bits per heavy atom. The molecule has 27 heavy (non-hydrogen) atoms. The molecule has 1 aliphatic rings. The van der Waals surface area contributed by atoms with Gasteiger partial charge in [-0.2, -0.15) is 0 Å². The zero-order valence-electron chi connectivity index (χ0n) is 16.1. The van der Waals surface area contributed by atoms with Gasteiger partial charge in [-0.05, 0) is 42.0 Å². The minimum absolute atomic E-state index is 0.0205. The Bertz CT molecular complexity index is 983. The fourth-order valence-electron chi connectivity index (χ4n) is 4.06. The highest BCUT2D eigenvalue weighted by Crippen LogP contribution is 2.42. The van der Waals surface area contributed by atoms with Gasteiger partial charge in [-0.3, -0.25) is 4.79 Å². The molecule has 0 aliphatic heterocycles. The number of nitrogens with one attached hydrogen (secondary N) is 1. The summed E-state index contributed by atoms with van der Waals surface area (Å²) in [5.74, 6) is 1.07. The molecule has 2 aromatic carbocycles. The summed E-state index contributed by atoms with van der Waals surface area (Å²) in [6, 6.07) is 18.2. The highest BCUT2D eigenvalue weighted by Gasteiger charge is 2.35. The zero-order chi connectivity index (χ0) is 19.0. The van der Waals surface area contributed by atoms with Gasteiger partial charge in [0.15, 0.2) is 5.78 Å². The number of H-pyrrole nitrogens is 1. The summed E-state index contributed by atoms with van der Waals surface area (Å²) in [5.41, 5.74) is 6.11. The van der Waals surface area contributed by atoms with Crippen molar-refractivity contribution in [3.8, 4) is 17.0 Å². The zero-order valence-corrected chi connectivity index (χ0v) is 16.1. The molecule has 0 fully saturated rings. The Labute approximate surface area is 160 Å². The Balaban J connectivity index is 1.73. The van der Waals surface area contributed by atoms with Crippen LogP contribution in [-0.4, -0.2) is 10.8 Å². The number of hydrogen-bond donors (Lipinski definition) is 1. The van der Waals surface area contributed by atoms with Crippen molar-refractivity contribution in [2.75, 3.05) is 0 Å². The first-order valence-electron chi connectivity index (χ1n) is 9.45. The average Bonchev–Trinajstić information content (AvgIpc) is 2.96. The van der Waals surface area contributed by atoms with Crippen LogP contribution >= 0.6 is 0 Å². The van der Waals surface area contributed by atoms with E-state index in [-0.39, 0.29) is 11.2 Å². The van der Waals surface area contributed by atoms with E-state index in [4.69, 9.17) is 4.74 Å². The highest BCUT2D eigenvalue weighted by atomic mass is 16.5. The summed E-state index contributed by atoms with van der Waals surface area (Å²) in [4.78, 5) is 16.2. The van der Waals surface area contributed by atoms with E-state index in [9.17, 15) is 4.79 Å². The number of carbonyl (C=O) groups is 1. The molecule has 0 saturated carbocycles. The second-order valence-electron chi connectivity index (χ2n) is 8.19. The number of carbonyl (C=O) groups excluding carboxylic acids is 1. The fourth-order valence-corrected chi connectivity index (χ4v) is 4.06. The van der Waals surface area contributed by atoms with Crippen molar-refractivity contribution in [3.63, 3.8) is 0 Å². The first-order valence-corrected chi connectivity index (χ1v) is 9.45. The van der Waals surface area contributed by atoms with Gasteiger partial charge in [0, 0.05) is 23.2 Å². The van der Waals surface area contributed by atoms with Gasteiger partial charge >= 0.3 is 0 Å². The van der Waals surface area contributed by atoms with Crippen molar-refractivity contribution >= 4 is 5.78 Å². The molecular weight excluding hydrogens is 334 g/mol. The average molecular weight is 359 g/mol. The van der Waals surface area contributed by atoms with Gasteiger partial charge in [-0.1, -0.05) is 56.3 Å². The predicted molar refractivity (Wildman–Crippen MR) is 108 cm³/mol. The highest BCUT2D eigenvalue weighted by molar-refractivity contribution is 6.02. The Morgan fingerprint density at radius 2 is 1.70 bits per heavy atom. The number of ketones is 1. The Hall–Kier alpha value is -2.81. The summed E-state index contributed by atoms with van der Waals surface area (Å²) in [6.45, 7) is 6.84. The van der Waals surface area contributed by atoms with Crippen molar-refractivity contribution in [2.45, 2.75) is 40.2 Å². The van der Waals surface area contributed by atoms with Crippen LogP contribution < -0.4 is 4.74 Å². The molecule has 0 radical (unpaired) electrons. The molecule has 3 heteroatoms. The van der Waals surface area contributed by atoms with Crippen molar-refractivity contribution < 1.29 is 9.53 Å². The summed E-state index contributed by atoms with van der Waals surface area (Å²) >= 11 is 0. The van der Waals surface area contributed by atoms with Crippen LogP contribution in [0.4, 0.5) is 0 Å².